The molecule has 0 saturated carbocycles. The molecule has 0 spiro atoms. The Kier molecular flexibility index (Phi) is 7.67. The summed E-state index contributed by atoms with van der Waals surface area (Å²) in [5, 5.41) is 15.4. The fraction of sp³-hybridized carbons (Fsp3) is 0.207. The predicted octanol–water partition coefficient (Wildman–Crippen LogP) is 4.25. The number of nitrogens with two attached hydrogens (primary N) is 1. The summed E-state index contributed by atoms with van der Waals surface area (Å²) >= 11 is 1.71. The van der Waals surface area contributed by atoms with Crippen LogP contribution in [-0.2, 0) is 12.8 Å². The second-order valence-electron chi connectivity index (χ2n) is 9.18. The molecule has 0 aliphatic rings. The van der Waals surface area contributed by atoms with E-state index in [2.05, 4.69) is 31.7 Å². The minimum Gasteiger partial charge on any atom is -0.394 e. The topological polar surface area (TPSA) is 132 Å². The minimum absolute atomic E-state index is 0.0885. The molecule has 0 radical (unpaired) electrons. The number of aliphatic imine (C=N–C) groups is 1. The van der Waals surface area contributed by atoms with Gasteiger partial charge in [-0.05, 0) is 54.1 Å². The maximum Gasteiger partial charge on any atom is 0.261 e. The van der Waals surface area contributed by atoms with Crippen molar-refractivity contribution < 1.29 is 5.11 Å². The summed E-state index contributed by atoms with van der Waals surface area (Å²) in [6.45, 7) is 2.49. The quantitative estimate of drug-likeness (QED) is 0.137. The molecule has 0 bridgehead atoms. The highest BCUT2D eigenvalue weighted by molar-refractivity contribution is 7.09. The molecule has 3 heterocycles. The molecule has 0 aliphatic heterocycles. The molecular formula is C29H30N6O2S. The van der Waals surface area contributed by atoms with Gasteiger partial charge in [-0.15, -0.1) is 11.3 Å². The van der Waals surface area contributed by atoms with Crippen LogP contribution in [0.4, 0.5) is 5.69 Å². The number of aromatic nitrogens is 3. The number of aliphatic hydroxyl groups excluding tert-OH is 1. The zero-order chi connectivity index (χ0) is 26.5. The number of thiophene rings is 1. The van der Waals surface area contributed by atoms with Gasteiger partial charge in [0.15, 0.2) is 0 Å². The highest BCUT2D eigenvalue weighted by atomic mass is 32.1. The Hall–Kier alpha value is -4.21. The van der Waals surface area contributed by atoms with Gasteiger partial charge in [0.2, 0.25) is 0 Å². The van der Waals surface area contributed by atoms with Crippen LogP contribution in [0.1, 0.15) is 21.6 Å². The maximum atomic E-state index is 13.0. The zero-order valence-electron chi connectivity index (χ0n) is 21.1. The Morgan fingerprint density at radius 2 is 2.03 bits per heavy atom. The maximum absolute atomic E-state index is 13.0. The van der Waals surface area contributed by atoms with E-state index in [1.807, 2.05) is 55.5 Å². The van der Waals surface area contributed by atoms with Crippen LogP contribution in [0.25, 0.3) is 22.4 Å². The van der Waals surface area contributed by atoms with E-state index in [1.54, 1.807) is 23.6 Å². The van der Waals surface area contributed by atoms with Gasteiger partial charge in [0.05, 0.1) is 29.4 Å². The first-order valence-electron chi connectivity index (χ1n) is 12.5. The number of nitrogens with one attached hydrogen (secondary N) is 3. The van der Waals surface area contributed by atoms with Gasteiger partial charge in [-0.3, -0.25) is 9.79 Å². The number of rotatable bonds is 10. The molecule has 5 rings (SSSR count). The highest BCUT2D eigenvalue weighted by Crippen LogP contribution is 2.27. The summed E-state index contributed by atoms with van der Waals surface area (Å²) in [6.07, 6.45) is 3.04. The second kappa shape index (κ2) is 11.5. The van der Waals surface area contributed by atoms with Crippen LogP contribution in [0.15, 0.2) is 82.0 Å². The van der Waals surface area contributed by atoms with E-state index < -0.39 is 0 Å². The smallest absolute Gasteiger partial charge is 0.261 e. The Bertz CT molecular complexity index is 1610. The number of amidine groups is 1. The van der Waals surface area contributed by atoms with E-state index in [1.165, 1.54) is 4.88 Å². The van der Waals surface area contributed by atoms with Crippen molar-refractivity contribution in [2.75, 3.05) is 18.5 Å². The van der Waals surface area contributed by atoms with Crippen molar-refractivity contribution in [3.8, 4) is 11.4 Å². The summed E-state index contributed by atoms with van der Waals surface area (Å²) in [7, 11) is 0. The lowest BCUT2D eigenvalue weighted by molar-refractivity contribution is 0.274. The number of imidazole rings is 1. The van der Waals surface area contributed by atoms with E-state index in [9.17, 15) is 9.90 Å². The number of anilines is 1. The Morgan fingerprint density at radius 1 is 1.18 bits per heavy atom. The number of aromatic amines is 2. The molecular weight excluding hydrogens is 496 g/mol. The number of nitrogens with zero attached hydrogens (tertiary/aromatic N) is 2. The SMILES string of the molecule is Cc1cc(C(N)=NCCc2cccs2)cc2[nH]c(-c3c(NC(CO)Cc4ccccc4)cc[nH]c3=O)nc12. The minimum atomic E-state index is -0.280. The van der Waals surface area contributed by atoms with Gasteiger partial charge < -0.3 is 26.1 Å². The lowest BCUT2D eigenvalue weighted by Gasteiger charge is -2.19. The molecule has 38 heavy (non-hydrogen) atoms. The van der Waals surface area contributed by atoms with Crippen LogP contribution < -0.4 is 16.6 Å². The largest absolute Gasteiger partial charge is 0.394 e. The van der Waals surface area contributed by atoms with Crippen LogP contribution in [0.3, 0.4) is 0 Å². The molecule has 3 aromatic heterocycles. The van der Waals surface area contributed by atoms with E-state index >= 15 is 0 Å². The molecule has 1 atom stereocenters. The Balaban J connectivity index is 1.43. The first kappa shape index (κ1) is 25.4. The molecule has 0 fully saturated rings. The monoisotopic (exact) mass is 526 g/mol. The van der Waals surface area contributed by atoms with Crippen molar-refractivity contribution in [3.63, 3.8) is 0 Å². The second-order valence-corrected chi connectivity index (χ2v) is 10.2. The van der Waals surface area contributed by atoms with Crippen molar-refractivity contribution in [1.82, 2.24) is 15.0 Å². The van der Waals surface area contributed by atoms with Crippen LogP contribution >= 0.6 is 11.3 Å². The van der Waals surface area contributed by atoms with Crippen molar-refractivity contribution >= 4 is 33.9 Å². The summed E-state index contributed by atoms with van der Waals surface area (Å²) in [6, 6.07) is 19.4. The Morgan fingerprint density at radius 3 is 2.79 bits per heavy atom. The van der Waals surface area contributed by atoms with Gasteiger partial charge in [0.25, 0.3) is 5.56 Å². The molecule has 6 N–H and O–H groups in total. The third-order valence-electron chi connectivity index (χ3n) is 6.40. The van der Waals surface area contributed by atoms with Crippen molar-refractivity contribution in [1.29, 1.82) is 0 Å². The van der Waals surface area contributed by atoms with Gasteiger partial charge in [-0.25, -0.2) is 4.98 Å². The molecule has 5 aromatic rings. The summed E-state index contributed by atoms with van der Waals surface area (Å²) in [5.41, 5.74) is 11.4. The first-order valence-corrected chi connectivity index (χ1v) is 13.4. The standard InChI is InChI=1S/C29H30N6O2S/c1-18-14-20(27(30)31-11-9-22-8-5-13-38-22)16-24-26(18)35-28(34-24)25-23(10-12-32-29(25)37)33-21(17-36)15-19-6-3-2-4-7-19/h2-8,10,12-14,16,21,36H,9,11,15,17H2,1H3,(H2,30,31)(H,34,35)(H2,32,33,37). The number of H-pyrrole nitrogens is 2. The predicted molar refractivity (Wildman–Crippen MR) is 155 cm³/mol. The molecule has 0 saturated heterocycles. The molecule has 0 aliphatic carbocycles. The fourth-order valence-electron chi connectivity index (χ4n) is 4.50. The molecule has 2 aromatic carbocycles. The van der Waals surface area contributed by atoms with Crippen LogP contribution in [0.5, 0.6) is 0 Å². The number of aryl methyl sites for hydroxylation is 1. The summed E-state index contributed by atoms with van der Waals surface area (Å²) in [5.74, 6) is 0.906. The normalized spacial score (nSPS) is 12.6. The fourth-order valence-corrected chi connectivity index (χ4v) is 5.20. The molecule has 0 amide bonds. The van der Waals surface area contributed by atoms with Gasteiger partial charge in [-0.1, -0.05) is 36.4 Å². The van der Waals surface area contributed by atoms with Gasteiger partial charge in [0.1, 0.15) is 17.2 Å². The highest BCUT2D eigenvalue weighted by Gasteiger charge is 2.18. The number of fused-ring (bicyclic) bond motifs is 1. The Labute approximate surface area is 224 Å². The molecule has 8 nitrogen and oxygen atoms in total. The van der Waals surface area contributed by atoms with Crippen molar-refractivity contribution in [3.05, 3.63) is 104 Å². The van der Waals surface area contributed by atoms with Crippen molar-refractivity contribution in [2.45, 2.75) is 25.8 Å². The average Bonchev–Trinajstić information content (AvgIpc) is 3.59. The number of hydrogen-bond donors (Lipinski definition) is 5. The van der Waals surface area contributed by atoms with Gasteiger partial charge in [-0.2, -0.15) is 0 Å². The van der Waals surface area contributed by atoms with E-state index in [0.29, 0.717) is 35.9 Å². The lowest BCUT2D eigenvalue weighted by atomic mass is 10.1. The lowest BCUT2D eigenvalue weighted by Crippen LogP contribution is -2.28. The first-order chi connectivity index (χ1) is 18.5. The average molecular weight is 527 g/mol. The zero-order valence-corrected chi connectivity index (χ0v) is 21.9. The van der Waals surface area contributed by atoms with Crippen molar-refractivity contribution in [2.24, 2.45) is 10.7 Å². The number of aliphatic hydroxyl groups is 1. The van der Waals surface area contributed by atoms with E-state index in [-0.39, 0.29) is 18.2 Å². The van der Waals surface area contributed by atoms with Crippen LogP contribution in [0, 0.1) is 6.92 Å². The van der Waals surface area contributed by atoms with Crippen LogP contribution in [0.2, 0.25) is 0 Å². The van der Waals surface area contributed by atoms with Crippen LogP contribution in [-0.4, -0.2) is 45.1 Å². The van der Waals surface area contributed by atoms with E-state index in [4.69, 9.17) is 10.7 Å². The van der Waals surface area contributed by atoms with Gasteiger partial charge in [0, 0.05) is 29.6 Å². The third-order valence-corrected chi connectivity index (χ3v) is 7.33. The number of hydrogen-bond acceptors (Lipinski definition) is 6. The summed E-state index contributed by atoms with van der Waals surface area (Å²) in [4.78, 5) is 29.6. The summed E-state index contributed by atoms with van der Waals surface area (Å²) < 4.78 is 0. The molecule has 1 unspecified atom stereocenters. The molecule has 9 heteroatoms. The third kappa shape index (κ3) is 5.69. The number of benzene rings is 2. The van der Waals surface area contributed by atoms with E-state index in [0.717, 1.165) is 34.1 Å². The molecule has 194 valence electrons. The van der Waals surface area contributed by atoms with Gasteiger partial charge >= 0.3 is 0 Å². The number of pyridine rings is 1.